The molecule has 0 aromatic carbocycles. The van der Waals surface area contributed by atoms with Gasteiger partial charge in [-0.1, -0.05) is 0 Å². The molecule has 0 saturated heterocycles. The van der Waals surface area contributed by atoms with Gasteiger partial charge in [0.15, 0.2) is 0 Å². The maximum absolute atomic E-state index is 13.1. The van der Waals surface area contributed by atoms with Crippen LogP contribution in [0.2, 0.25) is 26.6 Å². The van der Waals surface area contributed by atoms with Gasteiger partial charge >= 0.3 is 233 Å². The van der Waals surface area contributed by atoms with E-state index in [0.717, 1.165) is 104 Å². The maximum atomic E-state index is 13.1. The van der Waals surface area contributed by atoms with Crippen molar-refractivity contribution in [3.8, 4) is 0 Å². The summed E-state index contributed by atoms with van der Waals surface area (Å²) in [7, 11) is 0. The van der Waals surface area contributed by atoms with Gasteiger partial charge in [0.1, 0.15) is 0 Å². The number of carbonyl (C=O) groups is 2. The Morgan fingerprint density at radius 2 is 0.694 bits per heavy atom. The summed E-state index contributed by atoms with van der Waals surface area (Å²) in [4.78, 5) is 26.2. The molecule has 0 saturated carbocycles. The van der Waals surface area contributed by atoms with E-state index in [9.17, 15) is 19.8 Å². The monoisotopic (exact) mass is 730 g/mol. The minimum absolute atomic E-state index is 0.810. The number of rotatable bonds is 23. The molecule has 0 aromatic heterocycles. The number of unbranched alkanes of at least 4 members (excludes halogenated alkanes) is 6. The van der Waals surface area contributed by atoms with Crippen LogP contribution in [0.1, 0.15) is 119 Å². The zero-order valence-corrected chi connectivity index (χ0v) is 30.1. The molecule has 8 heteroatoms. The molecule has 0 heterocycles. The van der Waals surface area contributed by atoms with E-state index in [2.05, 4.69) is 41.5 Å². The van der Waals surface area contributed by atoms with Crippen molar-refractivity contribution >= 4 is 49.5 Å². The second-order valence-corrected chi connectivity index (χ2v) is 34.0. The molecule has 0 aliphatic rings. The SMILES string of the molecule is CCC[CH2][Sn]([CH2]CCC)([CH2]CCC)[O]C(=O)[C@H](O)[C@@H](O)C(=O)[O][Sn]([CH2]CCC)([CH2]CCC)[CH2]CCC. The van der Waals surface area contributed by atoms with Crippen LogP contribution >= 0.6 is 0 Å². The predicted octanol–water partition coefficient (Wildman–Crippen LogP) is 7.49. The van der Waals surface area contributed by atoms with Gasteiger partial charge in [-0.2, -0.15) is 0 Å². The fourth-order valence-corrected chi connectivity index (χ4v) is 31.1. The minimum atomic E-state index is -3.33. The molecule has 214 valence electrons. The Morgan fingerprint density at radius 3 is 0.861 bits per heavy atom. The fraction of sp³-hybridized carbons (Fsp3) is 0.929. The fourth-order valence-electron chi connectivity index (χ4n) is 4.86. The Bertz CT molecular complexity index is 493. The van der Waals surface area contributed by atoms with Crippen molar-refractivity contribution in [1.82, 2.24) is 0 Å². The number of hydrogen-bond acceptors (Lipinski definition) is 6. The summed E-state index contributed by atoms with van der Waals surface area (Å²) in [5.74, 6) is -1.62. The standard InChI is InChI=1S/C4H6O6.6C4H9.2Sn/c5-1(3(7)8)2(6)4(9)10;6*1-3-4-2;;/h1-2,5-6H,(H,7,8)(H,9,10);6*1,3-4H2,2H3;;/q;;;;;;;2*+1/p-2/t1-,2-;;;;;;;;/m1......../s1. The molecule has 0 rings (SSSR count). The number of carbonyl (C=O) groups excluding carboxylic acids is 2. The molecule has 0 aliphatic heterocycles. The van der Waals surface area contributed by atoms with E-state index in [4.69, 9.17) is 6.15 Å². The molecular formula is C28H58O6Sn2. The molecule has 0 aliphatic carbocycles. The van der Waals surface area contributed by atoms with Crippen LogP contribution in [-0.4, -0.2) is 71.9 Å². The van der Waals surface area contributed by atoms with Crippen LogP contribution in [0.25, 0.3) is 0 Å². The molecule has 36 heavy (non-hydrogen) atoms. The molecule has 0 unspecified atom stereocenters. The van der Waals surface area contributed by atoms with Gasteiger partial charge in [-0.15, -0.1) is 0 Å². The van der Waals surface area contributed by atoms with Gasteiger partial charge in [-0.05, 0) is 0 Å². The molecule has 0 radical (unpaired) electrons. The first-order valence-corrected chi connectivity index (χ1v) is 29.5. The van der Waals surface area contributed by atoms with Gasteiger partial charge in [0.25, 0.3) is 0 Å². The summed E-state index contributed by atoms with van der Waals surface area (Å²) in [6.07, 6.45) is 8.57. The predicted molar refractivity (Wildman–Crippen MR) is 154 cm³/mol. The van der Waals surface area contributed by atoms with Crippen molar-refractivity contribution < 1.29 is 26.0 Å². The van der Waals surface area contributed by atoms with E-state index in [1.807, 2.05) is 0 Å². The van der Waals surface area contributed by atoms with Gasteiger partial charge in [-0.25, -0.2) is 0 Å². The van der Waals surface area contributed by atoms with E-state index < -0.39 is 61.7 Å². The Labute approximate surface area is 231 Å². The summed E-state index contributed by atoms with van der Waals surface area (Å²) >= 11 is -6.66. The third-order valence-corrected chi connectivity index (χ3v) is 32.6. The van der Waals surface area contributed by atoms with Crippen LogP contribution in [0.4, 0.5) is 0 Å². The van der Waals surface area contributed by atoms with Crippen LogP contribution in [-0.2, 0) is 15.7 Å². The molecule has 0 spiro atoms. The van der Waals surface area contributed by atoms with Gasteiger partial charge in [0.2, 0.25) is 0 Å². The average Bonchev–Trinajstić information content (AvgIpc) is 2.89. The molecule has 2 atom stereocenters. The zero-order chi connectivity index (χ0) is 27.5. The summed E-state index contributed by atoms with van der Waals surface area (Å²) in [5.41, 5.74) is 0. The number of aliphatic hydroxyl groups is 2. The number of hydrogen-bond donors (Lipinski definition) is 2. The van der Waals surface area contributed by atoms with Crippen molar-refractivity contribution in [3.63, 3.8) is 0 Å². The number of aliphatic hydroxyl groups excluding tert-OH is 2. The van der Waals surface area contributed by atoms with Crippen molar-refractivity contribution in [2.45, 2.75) is 157 Å². The normalized spacial score (nSPS) is 13.9. The van der Waals surface area contributed by atoms with Gasteiger partial charge in [0, 0.05) is 0 Å². The summed E-state index contributed by atoms with van der Waals surface area (Å²) < 4.78 is 18.0. The van der Waals surface area contributed by atoms with Crippen LogP contribution in [0.3, 0.4) is 0 Å². The Hall–Kier alpha value is 0.457. The van der Waals surface area contributed by atoms with E-state index in [1.165, 1.54) is 0 Å². The van der Waals surface area contributed by atoms with E-state index in [-0.39, 0.29) is 0 Å². The topological polar surface area (TPSA) is 93.1 Å². The third kappa shape index (κ3) is 14.0. The first-order valence-electron chi connectivity index (χ1n) is 15.0. The van der Waals surface area contributed by atoms with E-state index in [1.54, 1.807) is 0 Å². The second-order valence-electron chi connectivity index (χ2n) is 10.7. The summed E-state index contributed by atoms with van der Waals surface area (Å²) in [6, 6.07) is 0. The first-order chi connectivity index (χ1) is 17.2. The Kier molecular flexibility index (Phi) is 21.6. The molecule has 6 nitrogen and oxygen atoms in total. The van der Waals surface area contributed by atoms with Crippen molar-refractivity contribution in [2.24, 2.45) is 0 Å². The van der Waals surface area contributed by atoms with Crippen LogP contribution in [0.15, 0.2) is 0 Å². The molecule has 0 fully saturated rings. The summed E-state index contributed by atoms with van der Waals surface area (Å²) in [5, 5.41) is 21.5. The molecule has 0 amide bonds. The van der Waals surface area contributed by atoms with Crippen molar-refractivity contribution in [2.75, 3.05) is 0 Å². The van der Waals surface area contributed by atoms with E-state index in [0.29, 0.717) is 0 Å². The first kappa shape index (κ1) is 36.5. The van der Waals surface area contributed by atoms with E-state index >= 15 is 0 Å². The molecule has 0 aromatic rings. The van der Waals surface area contributed by atoms with Gasteiger partial charge in [0.05, 0.1) is 0 Å². The molecule has 2 N–H and O–H groups in total. The second kappa shape index (κ2) is 21.3. The Balaban J connectivity index is 5.63. The quantitative estimate of drug-likeness (QED) is 0.106. The van der Waals surface area contributed by atoms with Crippen LogP contribution in [0, 0.1) is 0 Å². The molecular weight excluding hydrogens is 670 g/mol. The van der Waals surface area contributed by atoms with Gasteiger partial charge < -0.3 is 0 Å². The third-order valence-electron chi connectivity index (χ3n) is 7.33. The zero-order valence-electron chi connectivity index (χ0n) is 24.4. The van der Waals surface area contributed by atoms with Gasteiger partial charge in [-0.3, -0.25) is 0 Å². The van der Waals surface area contributed by atoms with Crippen molar-refractivity contribution in [1.29, 1.82) is 0 Å². The Morgan fingerprint density at radius 1 is 0.500 bits per heavy atom. The van der Waals surface area contributed by atoms with Crippen molar-refractivity contribution in [3.05, 3.63) is 0 Å². The summed E-state index contributed by atoms with van der Waals surface area (Å²) in [6.45, 7) is 12.8. The van der Waals surface area contributed by atoms with Crippen LogP contribution in [0.5, 0.6) is 0 Å². The van der Waals surface area contributed by atoms with Crippen LogP contribution < -0.4 is 0 Å². The average molecular weight is 728 g/mol. The molecule has 0 bridgehead atoms.